The molecule has 1 aromatic carbocycles. The van der Waals surface area contributed by atoms with Crippen LogP contribution in [0, 0.1) is 5.41 Å². The molecule has 1 aliphatic heterocycles. The number of amides is 2. The number of fused-ring (bicyclic) bond motifs is 1. The maximum absolute atomic E-state index is 12.4. The number of carbonyl (C=O) groups excluding carboxylic acids is 2. The molecule has 0 aliphatic carbocycles. The second-order valence-electron chi connectivity index (χ2n) is 8.92. The summed E-state index contributed by atoms with van der Waals surface area (Å²) in [6.45, 7) is 14.0. The lowest BCUT2D eigenvalue weighted by Gasteiger charge is -2.41. The van der Waals surface area contributed by atoms with Crippen LogP contribution in [0.2, 0.25) is 0 Å². The summed E-state index contributed by atoms with van der Waals surface area (Å²) < 4.78 is 0. The normalized spacial score (nSPS) is 16.5. The van der Waals surface area contributed by atoms with Crippen molar-refractivity contribution >= 4 is 11.8 Å². The monoisotopic (exact) mass is 359 g/mol. The molecule has 5 heteroatoms. The summed E-state index contributed by atoms with van der Waals surface area (Å²) in [6, 6.07) is 8.00. The van der Waals surface area contributed by atoms with E-state index in [1.54, 1.807) is 6.92 Å². The third-order valence-electron chi connectivity index (χ3n) is 5.10. The van der Waals surface area contributed by atoms with Crippen LogP contribution in [-0.4, -0.2) is 41.4 Å². The zero-order valence-electron chi connectivity index (χ0n) is 17.0. The second kappa shape index (κ2) is 7.78. The Balaban J connectivity index is 1.89. The predicted molar refractivity (Wildman–Crippen MR) is 105 cm³/mol. The SMILES string of the molecule is CC(NC(=O)C(C)(C)C)C(=O)NCC(C)(C)N1CCc2ccccc2C1. The first-order valence-electron chi connectivity index (χ1n) is 9.41. The summed E-state index contributed by atoms with van der Waals surface area (Å²) in [5.41, 5.74) is 2.12. The molecule has 1 aliphatic rings. The van der Waals surface area contributed by atoms with Crippen LogP contribution in [0.4, 0.5) is 0 Å². The Hall–Kier alpha value is -1.88. The number of hydrogen-bond donors (Lipinski definition) is 2. The number of nitrogens with zero attached hydrogens (tertiary/aromatic N) is 1. The van der Waals surface area contributed by atoms with E-state index in [4.69, 9.17) is 0 Å². The summed E-state index contributed by atoms with van der Waals surface area (Å²) >= 11 is 0. The molecule has 0 fully saturated rings. The quantitative estimate of drug-likeness (QED) is 0.849. The second-order valence-corrected chi connectivity index (χ2v) is 8.92. The van der Waals surface area contributed by atoms with Crippen molar-refractivity contribution in [1.82, 2.24) is 15.5 Å². The Morgan fingerprint density at radius 3 is 2.35 bits per heavy atom. The highest BCUT2D eigenvalue weighted by atomic mass is 16.2. The largest absolute Gasteiger partial charge is 0.352 e. The van der Waals surface area contributed by atoms with E-state index in [2.05, 4.69) is 53.6 Å². The van der Waals surface area contributed by atoms with Crippen molar-refractivity contribution in [3.05, 3.63) is 35.4 Å². The molecule has 2 rings (SSSR count). The van der Waals surface area contributed by atoms with Gasteiger partial charge in [-0.05, 0) is 38.3 Å². The zero-order valence-corrected chi connectivity index (χ0v) is 17.0. The smallest absolute Gasteiger partial charge is 0.242 e. The van der Waals surface area contributed by atoms with Crippen molar-refractivity contribution in [3.8, 4) is 0 Å². The summed E-state index contributed by atoms with van der Waals surface area (Å²) in [5.74, 6) is -0.264. The van der Waals surface area contributed by atoms with Crippen LogP contribution in [0.15, 0.2) is 24.3 Å². The lowest BCUT2D eigenvalue weighted by atomic mass is 9.94. The van der Waals surface area contributed by atoms with E-state index in [9.17, 15) is 9.59 Å². The molecule has 26 heavy (non-hydrogen) atoms. The molecule has 1 aromatic rings. The van der Waals surface area contributed by atoms with Crippen LogP contribution in [-0.2, 0) is 22.6 Å². The summed E-state index contributed by atoms with van der Waals surface area (Å²) in [6.07, 6.45) is 1.03. The molecule has 144 valence electrons. The molecule has 5 nitrogen and oxygen atoms in total. The average Bonchev–Trinajstić information content (AvgIpc) is 2.58. The minimum absolute atomic E-state index is 0.118. The molecule has 2 N–H and O–H groups in total. The van der Waals surface area contributed by atoms with E-state index in [1.165, 1.54) is 11.1 Å². The van der Waals surface area contributed by atoms with Gasteiger partial charge in [-0.2, -0.15) is 0 Å². The molecule has 1 atom stereocenters. The molecule has 0 aromatic heterocycles. The third-order valence-corrected chi connectivity index (χ3v) is 5.10. The van der Waals surface area contributed by atoms with Gasteiger partial charge in [-0.3, -0.25) is 14.5 Å². The average molecular weight is 360 g/mol. The molecule has 0 saturated heterocycles. The van der Waals surface area contributed by atoms with Gasteiger partial charge < -0.3 is 10.6 Å². The van der Waals surface area contributed by atoms with Crippen molar-refractivity contribution in [2.45, 2.75) is 66.1 Å². The van der Waals surface area contributed by atoms with Gasteiger partial charge in [0.05, 0.1) is 0 Å². The van der Waals surface area contributed by atoms with Crippen molar-refractivity contribution in [1.29, 1.82) is 0 Å². The zero-order chi connectivity index (χ0) is 19.5. The fourth-order valence-electron chi connectivity index (χ4n) is 3.06. The van der Waals surface area contributed by atoms with Gasteiger partial charge in [-0.25, -0.2) is 0 Å². The van der Waals surface area contributed by atoms with Crippen molar-refractivity contribution < 1.29 is 9.59 Å². The van der Waals surface area contributed by atoms with Crippen LogP contribution >= 0.6 is 0 Å². The molecular weight excluding hydrogens is 326 g/mol. The molecule has 2 amide bonds. The van der Waals surface area contributed by atoms with E-state index in [0.29, 0.717) is 6.54 Å². The fourth-order valence-corrected chi connectivity index (χ4v) is 3.06. The highest BCUT2D eigenvalue weighted by Gasteiger charge is 2.31. The van der Waals surface area contributed by atoms with Crippen molar-refractivity contribution in [2.24, 2.45) is 5.41 Å². The lowest BCUT2D eigenvalue weighted by Crippen LogP contribution is -2.56. The highest BCUT2D eigenvalue weighted by Crippen LogP contribution is 2.25. The van der Waals surface area contributed by atoms with Crippen LogP contribution in [0.1, 0.15) is 52.7 Å². The number of nitrogens with one attached hydrogen (secondary N) is 2. The Morgan fingerprint density at radius 2 is 1.73 bits per heavy atom. The van der Waals surface area contributed by atoms with E-state index < -0.39 is 11.5 Å². The summed E-state index contributed by atoms with van der Waals surface area (Å²) in [4.78, 5) is 26.8. The minimum Gasteiger partial charge on any atom is -0.352 e. The number of benzene rings is 1. The van der Waals surface area contributed by atoms with Gasteiger partial charge >= 0.3 is 0 Å². The molecule has 0 radical (unpaired) electrons. The molecule has 1 heterocycles. The van der Waals surface area contributed by atoms with Crippen LogP contribution in [0.5, 0.6) is 0 Å². The van der Waals surface area contributed by atoms with Crippen LogP contribution in [0.25, 0.3) is 0 Å². The maximum atomic E-state index is 12.4. The van der Waals surface area contributed by atoms with Gasteiger partial charge in [0.15, 0.2) is 0 Å². The van der Waals surface area contributed by atoms with Gasteiger partial charge in [-0.1, -0.05) is 45.0 Å². The van der Waals surface area contributed by atoms with Gasteiger partial charge in [-0.15, -0.1) is 0 Å². The van der Waals surface area contributed by atoms with Crippen LogP contribution < -0.4 is 10.6 Å². The van der Waals surface area contributed by atoms with E-state index in [-0.39, 0.29) is 17.4 Å². The number of carbonyl (C=O) groups is 2. The third kappa shape index (κ3) is 5.07. The maximum Gasteiger partial charge on any atom is 0.242 e. The summed E-state index contributed by atoms with van der Waals surface area (Å²) in [5, 5.41) is 5.79. The Kier molecular flexibility index (Phi) is 6.12. The first kappa shape index (κ1) is 20.4. The topological polar surface area (TPSA) is 61.4 Å². The first-order valence-corrected chi connectivity index (χ1v) is 9.41. The Morgan fingerprint density at radius 1 is 1.12 bits per heavy atom. The standard InChI is InChI=1S/C21H33N3O2/c1-15(23-19(26)20(2,3)4)18(25)22-14-21(5,6)24-12-11-16-9-7-8-10-17(16)13-24/h7-10,15H,11-14H2,1-6H3,(H,22,25)(H,23,26). The highest BCUT2D eigenvalue weighted by molar-refractivity contribution is 5.89. The summed E-state index contributed by atoms with van der Waals surface area (Å²) in [7, 11) is 0. The first-order chi connectivity index (χ1) is 12.0. The number of hydrogen-bond acceptors (Lipinski definition) is 3. The minimum atomic E-state index is -0.542. The molecule has 0 bridgehead atoms. The van der Waals surface area contributed by atoms with E-state index in [1.807, 2.05) is 20.8 Å². The van der Waals surface area contributed by atoms with Gasteiger partial charge in [0.25, 0.3) is 0 Å². The van der Waals surface area contributed by atoms with Crippen molar-refractivity contribution in [3.63, 3.8) is 0 Å². The Labute approximate surface area is 157 Å². The van der Waals surface area contributed by atoms with Gasteiger partial charge in [0, 0.05) is 30.6 Å². The molecular formula is C21H33N3O2. The molecule has 1 unspecified atom stereocenters. The van der Waals surface area contributed by atoms with E-state index >= 15 is 0 Å². The van der Waals surface area contributed by atoms with Crippen LogP contribution in [0.3, 0.4) is 0 Å². The fraction of sp³-hybridized carbons (Fsp3) is 0.619. The van der Waals surface area contributed by atoms with Gasteiger partial charge in [0.1, 0.15) is 6.04 Å². The predicted octanol–water partition coefficient (Wildman–Crippen LogP) is 2.49. The van der Waals surface area contributed by atoms with Crippen molar-refractivity contribution in [2.75, 3.05) is 13.1 Å². The molecule has 0 spiro atoms. The van der Waals surface area contributed by atoms with E-state index in [0.717, 1.165) is 19.5 Å². The number of rotatable bonds is 5. The van der Waals surface area contributed by atoms with Gasteiger partial charge in [0.2, 0.25) is 11.8 Å². The molecule has 0 saturated carbocycles. The lowest BCUT2D eigenvalue weighted by molar-refractivity contribution is -0.133. The Bertz CT molecular complexity index is 661.